The lowest BCUT2D eigenvalue weighted by Gasteiger charge is -2.22. The van der Waals surface area contributed by atoms with Crippen molar-refractivity contribution in [2.24, 2.45) is 0 Å². The van der Waals surface area contributed by atoms with Gasteiger partial charge >= 0.3 is 5.97 Å². The second-order valence-electron chi connectivity index (χ2n) is 5.96. The summed E-state index contributed by atoms with van der Waals surface area (Å²) >= 11 is 0. The molecule has 146 valence electrons. The number of esters is 1. The first kappa shape index (κ1) is 21.8. The lowest BCUT2D eigenvalue weighted by atomic mass is 10.2. The quantitative estimate of drug-likeness (QED) is 0.396. The normalized spacial score (nSPS) is 10.3. The summed E-state index contributed by atoms with van der Waals surface area (Å²) in [6.07, 6.45) is 4.46. The maximum atomic E-state index is 12.5. The van der Waals surface area contributed by atoms with E-state index < -0.39 is 0 Å². The van der Waals surface area contributed by atoms with Gasteiger partial charge in [0.15, 0.2) is 6.61 Å². The Kier molecular flexibility index (Phi) is 10.9. The number of unbranched alkanes of at least 4 members (excludes halogenated alkanes) is 3. The summed E-state index contributed by atoms with van der Waals surface area (Å²) in [4.78, 5) is 25.8. The average Bonchev–Trinajstić information content (AvgIpc) is 2.66. The lowest BCUT2D eigenvalue weighted by molar-refractivity contribution is -0.144. The van der Waals surface area contributed by atoms with Crippen LogP contribution in [-0.2, 0) is 14.3 Å². The molecule has 1 amide bonds. The number of nitrogens with zero attached hydrogens (tertiary/aromatic N) is 1. The molecule has 1 rings (SSSR count). The van der Waals surface area contributed by atoms with Crippen LogP contribution in [0.4, 0.5) is 0 Å². The fraction of sp³-hybridized carbons (Fsp3) is 0.600. The average molecular weight is 365 g/mol. The van der Waals surface area contributed by atoms with Crippen LogP contribution in [0.5, 0.6) is 11.5 Å². The SMILES string of the molecule is CCCCCCN(CCC(=O)OCC)C(=O)COc1cccc(OC)c1. The van der Waals surface area contributed by atoms with Crippen LogP contribution in [0.2, 0.25) is 0 Å². The molecule has 0 aliphatic carbocycles. The Labute approximate surface area is 156 Å². The van der Waals surface area contributed by atoms with Crippen LogP contribution in [0.3, 0.4) is 0 Å². The fourth-order valence-corrected chi connectivity index (χ4v) is 2.48. The predicted octanol–water partition coefficient (Wildman–Crippen LogP) is 3.44. The van der Waals surface area contributed by atoms with Crippen LogP contribution in [0, 0.1) is 0 Å². The van der Waals surface area contributed by atoms with Crippen LogP contribution in [0.25, 0.3) is 0 Å². The third-order valence-corrected chi connectivity index (χ3v) is 3.93. The van der Waals surface area contributed by atoms with Crippen molar-refractivity contribution in [3.63, 3.8) is 0 Å². The number of rotatable bonds is 13. The molecule has 26 heavy (non-hydrogen) atoms. The summed E-state index contributed by atoms with van der Waals surface area (Å²) in [5.41, 5.74) is 0. The molecule has 0 radical (unpaired) electrons. The van der Waals surface area contributed by atoms with Gasteiger partial charge in [-0.15, -0.1) is 0 Å². The first-order valence-electron chi connectivity index (χ1n) is 9.30. The van der Waals surface area contributed by atoms with Crippen LogP contribution in [0.1, 0.15) is 46.0 Å². The monoisotopic (exact) mass is 365 g/mol. The highest BCUT2D eigenvalue weighted by Gasteiger charge is 2.16. The summed E-state index contributed by atoms with van der Waals surface area (Å²) in [6, 6.07) is 7.13. The van der Waals surface area contributed by atoms with Crippen LogP contribution >= 0.6 is 0 Å². The fourth-order valence-electron chi connectivity index (χ4n) is 2.48. The Balaban J connectivity index is 2.55. The van der Waals surface area contributed by atoms with E-state index in [1.165, 1.54) is 0 Å². The van der Waals surface area contributed by atoms with Crippen molar-refractivity contribution in [1.82, 2.24) is 4.90 Å². The Morgan fingerprint density at radius 1 is 1.04 bits per heavy atom. The van der Waals surface area contributed by atoms with Gasteiger partial charge in [-0.2, -0.15) is 0 Å². The Morgan fingerprint density at radius 2 is 1.81 bits per heavy atom. The molecular weight excluding hydrogens is 334 g/mol. The minimum absolute atomic E-state index is 0.0657. The van der Waals surface area contributed by atoms with Gasteiger partial charge in [0.2, 0.25) is 0 Å². The summed E-state index contributed by atoms with van der Waals surface area (Å²) in [7, 11) is 1.58. The highest BCUT2D eigenvalue weighted by atomic mass is 16.5. The third-order valence-electron chi connectivity index (χ3n) is 3.93. The van der Waals surface area contributed by atoms with E-state index in [0.29, 0.717) is 31.2 Å². The maximum Gasteiger partial charge on any atom is 0.307 e. The molecule has 0 saturated heterocycles. The van der Waals surface area contributed by atoms with E-state index >= 15 is 0 Å². The molecular formula is C20H31NO5. The number of carbonyl (C=O) groups is 2. The highest BCUT2D eigenvalue weighted by Crippen LogP contribution is 2.18. The molecule has 0 heterocycles. The largest absolute Gasteiger partial charge is 0.497 e. The zero-order chi connectivity index (χ0) is 19.2. The van der Waals surface area contributed by atoms with Gasteiger partial charge in [-0.1, -0.05) is 32.3 Å². The van der Waals surface area contributed by atoms with Gasteiger partial charge in [0.05, 0.1) is 20.1 Å². The zero-order valence-corrected chi connectivity index (χ0v) is 16.2. The molecule has 0 saturated carbocycles. The topological polar surface area (TPSA) is 65.1 Å². The predicted molar refractivity (Wildman–Crippen MR) is 100 cm³/mol. The number of hydrogen-bond acceptors (Lipinski definition) is 5. The van der Waals surface area contributed by atoms with Crippen molar-refractivity contribution in [3.8, 4) is 11.5 Å². The van der Waals surface area contributed by atoms with Crippen LogP contribution in [-0.4, -0.2) is 50.2 Å². The van der Waals surface area contributed by atoms with E-state index in [-0.39, 0.29) is 24.9 Å². The zero-order valence-electron chi connectivity index (χ0n) is 16.2. The van der Waals surface area contributed by atoms with Crippen molar-refractivity contribution in [1.29, 1.82) is 0 Å². The molecule has 6 heteroatoms. The van der Waals surface area contributed by atoms with Crippen LogP contribution < -0.4 is 9.47 Å². The number of amides is 1. The minimum atomic E-state index is -0.285. The number of benzene rings is 1. The highest BCUT2D eigenvalue weighted by molar-refractivity contribution is 5.78. The summed E-state index contributed by atoms with van der Waals surface area (Å²) in [5, 5.41) is 0. The maximum absolute atomic E-state index is 12.5. The number of methoxy groups -OCH3 is 1. The minimum Gasteiger partial charge on any atom is -0.497 e. The third kappa shape index (κ3) is 8.74. The van der Waals surface area contributed by atoms with Gasteiger partial charge in [0, 0.05) is 19.2 Å². The van der Waals surface area contributed by atoms with E-state index in [1.807, 2.05) is 12.1 Å². The standard InChI is InChI=1S/C20H31NO5/c1-4-6-7-8-13-21(14-12-20(23)25-5-2)19(22)16-26-18-11-9-10-17(15-18)24-3/h9-11,15H,4-8,12-14,16H2,1-3H3. The van der Waals surface area contributed by atoms with Crippen molar-refractivity contribution in [2.75, 3.05) is 33.4 Å². The van der Waals surface area contributed by atoms with Gasteiger partial charge in [0.25, 0.3) is 5.91 Å². The molecule has 0 aliphatic rings. The molecule has 1 aromatic rings. The van der Waals surface area contributed by atoms with Crippen molar-refractivity contribution < 1.29 is 23.8 Å². The van der Waals surface area contributed by atoms with E-state index in [9.17, 15) is 9.59 Å². The molecule has 0 spiro atoms. The van der Waals surface area contributed by atoms with Crippen molar-refractivity contribution in [3.05, 3.63) is 24.3 Å². The number of carbonyl (C=O) groups excluding carboxylic acids is 2. The summed E-state index contributed by atoms with van der Waals surface area (Å²) < 4.78 is 15.7. The number of ether oxygens (including phenoxy) is 3. The van der Waals surface area contributed by atoms with E-state index in [2.05, 4.69) is 6.92 Å². The molecule has 1 aromatic carbocycles. The van der Waals surface area contributed by atoms with Gasteiger partial charge in [-0.05, 0) is 25.5 Å². The van der Waals surface area contributed by atoms with E-state index in [0.717, 1.165) is 25.7 Å². The Bertz CT molecular complexity index is 547. The molecule has 0 aliphatic heterocycles. The first-order valence-corrected chi connectivity index (χ1v) is 9.30. The molecule has 0 unspecified atom stereocenters. The molecule has 0 N–H and O–H groups in total. The number of hydrogen-bond donors (Lipinski definition) is 0. The van der Waals surface area contributed by atoms with E-state index in [4.69, 9.17) is 14.2 Å². The Morgan fingerprint density at radius 3 is 2.50 bits per heavy atom. The molecule has 6 nitrogen and oxygen atoms in total. The van der Waals surface area contributed by atoms with Gasteiger partial charge in [-0.3, -0.25) is 9.59 Å². The van der Waals surface area contributed by atoms with Gasteiger partial charge in [-0.25, -0.2) is 0 Å². The second-order valence-corrected chi connectivity index (χ2v) is 5.96. The molecule has 0 fully saturated rings. The van der Waals surface area contributed by atoms with Crippen LogP contribution in [0.15, 0.2) is 24.3 Å². The molecule has 0 bridgehead atoms. The summed E-state index contributed by atoms with van der Waals surface area (Å²) in [6.45, 7) is 5.18. The van der Waals surface area contributed by atoms with Crippen molar-refractivity contribution in [2.45, 2.75) is 46.0 Å². The second kappa shape index (κ2) is 13.0. The smallest absolute Gasteiger partial charge is 0.307 e. The Hall–Kier alpha value is -2.24. The summed E-state index contributed by atoms with van der Waals surface area (Å²) in [5.74, 6) is 0.837. The lowest BCUT2D eigenvalue weighted by Crippen LogP contribution is -2.37. The van der Waals surface area contributed by atoms with Crippen molar-refractivity contribution >= 4 is 11.9 Å². The molecule has 0 atom stereocenters. The van der Waals surface area contributed by atoms with E-state index in [1.54, 1.807) is 31.1 Å². The first-order chi connectivity index (χ1) is 12.6. The molecule has 0 aromatic heterocycles. The van der Waals surface area contributed by atoms with Gasteiger partial charge < -0.3 is 19.1 Å². The van der Waals surface area contributed by atoms with Gasteiger partial charge in [0.1, 0.15) is 11.5 Å².